The monoisotopic (exact) mass is 289 g/mol. The van der Waals surface area contributed by atoms with Crippen LogP contribution < -0.4 is 10.1 Å². The van der Waals surface area contributed by atoms with E-state index in [4.69, 9.17) is 9.84 Å². The Hall–Kier alpha value is -2.89. The number of aromatic hydroxyl groups is 2. The van der Waals surface area contributed by atoms with Crippen molar-refractivity contribution in [3.8, 4) is 17.2 Å². The van der Waals surface area contributed by atoms with Crippen molar-refractivity contribution in [2.45, 2.75) is 6.54 Å². The minimum Gasteiger partial charge on any atom is -0.504 e. The zero-order valence-electron chi connectivity index (χ0n) is 11.3. The van der Waals surface area contributed by atoms with Gasteiger partial charge >= 0.3 is 5.97 Å². The number of methoxy groups -OCH3 is 1. The number of phenols is 2. The molecule has 2 rings (SSSR count). The first-order valence-electron chi connectivity index (χ1n) is 6.18. The van der Waals surface area contributed by atoms with Crippen molar-refractivity contribution in [1.82, 2.24) is 0 Å². The number of hydrogen-bond acceptors (Lipinski definition) is 5. The molecule has 6 heteroatoms. The first-order chi connectivity index (χ1) is 10.0. The summed E-state index contributed by atoms with van der Waals surface area (Å²) < 4.78 is 5.16. The number of para-hydroxylation sites is 1. The summed E-state index contributed by atoms with van der Waals surface area (Å²) in [7, 11) is 1.48. The number of hydrogen-bond donors (Lipinski definition) is 4. The molecule has 110 valence electrons. The molecule has 0 radical (unpaired) electrons. The molecule has 0 unspecified atom stereocenters. The molecule has 21 heavy (non-hydrogen) atoms. The normalized spacial score (nSPS) is 10.1. The van der Waals surface area contributed by atoms with Gasteiger partial charge in [0.15, 0.2) is 11.5 Å². The largest absolute Gasteiger partial charge is 0.504 e. The topological polar surface area (TPSA) is 99.0 Å². The van der Waals surface area contributed by atoms with Crippen LogP contribution in [0.3, 0.4) is 0 Å². The lowest BCUT2D eigenvalue weighted by atomic mass is 10.1. The minimum absolute atomic E-state index is 0.124. The second kappa shape index (κ2) is 6.04. The Labute approximate surface area is 121 Å². The number of nitrogens with one attached hydrogen (secondary N) is 1. The molecule has 0 aliphatic heterocycles. The smallest absolute Gasteiger partial charge is 0.335 e. The molecule has 0 bridgehead atoms. The lowest BCUT2D eigenvalue weighted by molar-refractivity contribution is 0.0697. The van der Waals surface area contributed by atoms with E-state index in [1.807, 2.05) is 0 Å². The molecule has 2 aromatic carbocycles. The Morgan fingerprint density at radius 2 is 2.00 bits per heavy atom. The van der Waals surface area contributed by atoms with Crippen LogP contribution in [0.5, 0.6) is 17.2 Å². The van der Waals surface area contributed by atoms with Gasteiger partial charge in [0.05, 0.1) is 18.4 Å². The average molecular weight is 289 g/mol. The predicted octanol–water partition coefficient (Wildman–Crippen LogP) is 2.42. The van der Waals surface area contributed by atoms with Crippen molar-refractivity contribution < 1.29 is 24.9 Å². The molecule has 0 fully saturated rings. The summed E-state index contributed by atoms with van der Waals surface area (Å²) in [6.07, 6.45) is 0. The summed E-state index contributed by atoms with van der Waals surface area (Å²) in [6, 6.07) is 9.07. The molecule has 0 spiro atoms. The Kier molecular flexibility index (Phi) is 4.18. The molecule has 0 atom stereocenters. The molecule has 0 aromatic heterocycles. The second-order valence-corrected chi connectivity index (χ2v) is 4.36. The number of carboxylic acid groups (broad SMARTS) is 1. The third-order valence-corrected chi connectivity index (χ3v) is 3.01. The Balaban J connectivity index is 2.24. The fourth-order valence-corrected chi connectivity index (χ4v) is 1.89. The molecular formula is C15H15NO5. The fraction of sp³-hybridized carbons (Fsp3) is 0.133. The Morgan fingerprint density at radius 1 is 1.24 bits per heavy atom. The van der Waals surface area contributed by atoms with Crippen LogP contribution in [0.15, 0.2) is 36.4 Å². The van der Waals surface area contributed by atoms with Gasteiger partial charge in [0.25, 0.3) is 0 Å². The third kappa shape index (κ3) is 3.17. The number of carbonyl (C=O) groups is 1. The van der Waals surface area contributed by atoms with Crippen molar-refractivity contribution in [3.63, 3.8) is 0 Å². The highest BCUT2D eigenvalue weighted by atomic mass is 16.5. The molecule has 2 aromatic rings. The van der Waals surface area contributed by atoms with E-state index in [1.165, 1.54) is 25.3 Å². The van der Waals surface area contributed by atoms with Crippen LogP contribution in [0.25, 0.3) is 0 Å². The summed E-state index contributed by atoms with van der Waals surface area (Å²) in [4.78, 5) is 11.0. The van der Waals surface area contributed by atoms with E-state index < -0.39 is 5.97 Å². The van der Waals surface area contributed by atoms with Gasteiger partial charge in [-0.3, -0.25) is 0 Å². The van der Waals surface area contributed by atoms with Crippen molar-refractivity contribution in [2.75, 3.05) is 12.4 Å². The number of benzene rings is 2. The predicted molar refractivity (Wildman–Crippen MR) is 77.1 cm³/mol. The number of rotatable bonds is 5. The zero-order chi connectivity index (χ0) is 15.4. The van der Waals surface area contributed by atoms with E-state index in [0.717, 1.165) is 0 Å². The minimum atomic E-state index is -1.04. The molecule has 0 amide bonds. The van der Waals surface area contributed by atoms with Gasteiger partial charge in [-0.05, 0) is 24.3 Å². The maximum absolute atomic E-state index is 11.0. The van der Waals surface area contributed by atoms with E-state index in [2.05, 4.69) is 5.32 Å². The number of anilines is 1. The van der Waals surface area contributed by atoms with Gasteiger partial charge in [-0.2, -0.15) is 0 Å². The first-order valence-corrected chi connectivity index (χ1v) is 6.18. The van der Waals surface area contributed by atoms with Crippen molar-refractivity contribution in [3.05, 3.63) is 47.5 Å². The summed E-state index contributed by atoms with van der Waals surface area (Å²) in [5.41, 5.74) is 1.09. The van der Waals surface area contributed by atoms with Gasteiger partial charge in [-0.25, -0.2) is 4.79 Å². The van der Waals surface area contributed by atoms with Crippen LogP contribution in [0.2, 0.25) is 0 Å². The lowest BCUT2D eigenvalue weighted by Gasteiger charge is -2.13. The summed E-state index contributed by atoms with van der Waals surface area (Å²) in [5.74, 6) is -0.973. The molecule has 0 saturated heterocycles. The summed E-state index contributed by atoms with van der Waals surface area (Å²) in [5, 5.41) is 31.1. The number of carboxylic acids is 1. The SMILES string of the molecule is COc1ccc(C(=O)O)cc1NCc1cccc(O)c1O. The molecule has 0 saturated carbocycles. The fourth-order valence-electron chi connectivity index (χ4n) is 1.89. The zero-order valence-corrected chi connectivity index (χ0v) is 11.3. The molecule has 0 aliphatic carbocycles. The maximum atomic E-state index is 11.0. The van der Waals surface area contributed by atoms with Gasteiger partial charge in [0.1, 0.15) is 5.75 Å². The maximum Gasteiger partial charge on any atom is 0.335 e. The third-order valence-electron chi connectivity index (χ3n) is 3.01. The van der Waals surface area contributed by atoms with Crippen LogP contribution in [-0.2, 0) is 6.54 Å². The highest BCUT2D eigenvalue weighted by Gasteiger charge is 2.10. The molecule has 6 nitrogen and oxygen atoms in total. The molecule has 0 aliphatic rings. The first kappa shape index (κ1) is 14.5. The Morgan fingerprint density at radius 3 is 2.67 bits per heavy atom. The Bertz CT molecular complexity index is 669. The molecule has 4 N–H and O–H groups in total. The van der Waals surface area contributed by atoms with E-state index in [1.54, 1.807) is 18.2 Å². The summed E-state index contributed by atoms with van der Waals surface area (Å²) >= 11 is 0. The van der Waals surface area contributed by atoms with E-state index in [0.29, 0.717) is 17.0 Å². The number of ether oxygens (including phenoxy) is 1. The van der Waals surface area contributed by atoms with Gasteiger partial charge in [0, 0.05) is 12.1 Å². The quantitative estimate of drug-likeness (QED) is 0.631. The van der Waals surface area contributed by atoms with Gasteiger partial charge in [0.2, 0.25) is 0 Å². The van der Waals surface area contributed by atoms with E-state index >= 15 is 0 Å². The molecular weight excluding hydrogens is 274 g/mol. The lowest BCUT2D eigenvalue weighted by Crippen LogP contribution is -2.04. The average Bonchev–Trinajstić information content (AvgIpc) is 2.48. The van der Waals surface area contributed by atoms with Crippen LogP contribution >= 0.6 is 0 Å². The van der Waals surface area contributed by atoms with Crippen LogP contribution in [0.1, 0.15) is 15.9 Å². The van der Waals surface area contributed by atoms with Crippen molar-refractivity contribution in [2.24, 2.45) is 0 Å². The van der Waals surface area contributed by atoms with Crippen LogP contribution in [0.4, 0.5) is 5.69 Å². The van der Waals surface area contributed by atoms with Gasteiger partial charge in [-0.15, -0.1) is 0 Å². The highest BCUT2D eigenvalue weighted by molar-refractivity contribution is 5.89. The van der Waals surface area contributed by atoms with Crippen LogP contribution in [0, 0.1) is 0 Å². The van der Waals surface area contributed by atoms with Crippen molar-refractivity contribution >= 4 is 11.7 Å². The van der Waals surface area contributed by atoms with E-state index in [-0.39, 0.29) is 23.6 Å². The van der Waals surface area contributed by atoms with Crippen LogP contribution in [-0.4, -0.2) is 28.4 Å². The summed E-state index contributed by atoms with van der Waals surface area (Å²) in [6.45, 7) is 0.208. The standard InChI is InChI=1S/C15H15NO5/c1-21-13-6-5-9(15(19)20)7-11(13)16-8-10-3-2-4-12(17)14(10)18/h2-7,16-18H,8H2,1H3,(H,19,20). The molecule has 0 heterocycles. The number of phenolic OH excluding ortho intramolecular Hbond substituents is 2. The number of aromatic carboxylic acids is 1. The van der Waals surface area contributed by atoms with E-state index in [9.17, 15) is 15.0 Å². The van der Waals surface area contributed by atoms with Gasteiger partial charge in [-0.1, -0.05) is 12.1 Å². The van der Waals surface area contributed by atoms with Crippen molar-refractivity contribution in [1.29, 1.82) is 0 Å². The highest BCUT2D eigenvalue weighted by Crippen LogP contribution is 2.30. The second-order valence-electron chi connectivity index (χ2n) is 4.36. The van der Waals surface area contributed by atoms with Gasteiger partial charge < -0.3 is 25.4 Å².